The highest BCUT2D eigenvalue weighted by Gasteiger charge is 2.31. The van der Waals surface area contributed by atoms with E-state index < -0.39 is 10.0 Å². The molecule has 0 bridgehead atoms. The third-order valence-electron chi connectivity index (χ3n) is 4.59. The van der Waals surface area contributed by atoms with E-state index in [2.05, 4.69) is 32.0 Å². The molecular weight excluding hydrogens is 350 g/mol. The Morgan fingerprint density at radius 3 is 2.31 bits per heavy atom. The third-order valence-corrected chi connectivity index (χ3v) is 6.50. The first kappa shape index (κ1) is 20.4. The Morgan fingerprint density at radius 2 is 1.81 bits per heavy atom. The summed E-state index contributed by atoms with van der Waals surface area (Å²) in [4.78, 5) is 13.1. The van der Waals surface area contributed by atoms with Crippen LogP contribution >= 0.6 is 0 Å². The Hall–Kier alpha value is -1.88. The maximum atomic E-state index is 12.8. The molecule has 0 spiro atoms. The molecule has 2 rings (SSSR count). The molecule has 0 saturated carbocycles. The molecule has 1 aliphatic rings. The van der Waals surface area contributed by atoms with E-state index in [1.54, 1.807) is 12.1 Å². The minimum Gasteiger partial charge on any atom is -0.340 e. The van der Waals surface area contributed by atoms with Gasteiger partial charge in [0.05, 0.1) is 37.6 Å². The molecular formula is C19H28N3O3S+. The minimum absolute atomic E-state index is 0.0166. The normalized spacial score (nSPS) is 16.8. The Balaban J connectivity index is 1.97. The van der Waals surface area contributed by atoms with E-state index in [1.165, 1.54) is 4.31 Å². The van der Waals surface area contributed by atoms with Crippen molar-refractivity contribution in [1.82, 2.24) is 9.62 Å². The van der Waals surface area contributed by atoms with Gasteiger partial charge in [0.15, 0.2) is 6.54 Å². The molecule has 7 heteroatoms. The molecule has 2 N–H and O–H groups in total. The number of benzene rings is 1. The Morgan fingerprint density at radius 1 is 1.23 bits per heavy atom. The van der Waals surface area contributed by atoms with Crippen molar-refractivity contribution in [3.8, 4) is 12.3 Å². The van der Waals surface area contributed by atoms with E-state index in [-0.39, 0.29) is 17.9 Å². The lowest BCUT2D eigenvalue weighted by Gasteiger charge is -2.31. The van der Waals surface area contributed by atoms with Crippen molar-refractivity contribution in [3.05, 3.63) is 29.8 Å². The molecule has 1 aromatic rings. The lowest BCUT2D eigenvalue weighted by molar-refractivity contribution is -0.895. The number of piperazine rings is 1. The van der Waals surface area contributed by atoms with Crippen molar-refractivity contribution < 1.29 is 18.1 Å². The van der Waals surface area contributed by atoms with E-state index in [9.17, 15) is 13.2 Å². The second kappa shape index (κ2) is 8.21. The molecule has 142 valence electrons. The van der Waals surface area contributed by atoms with Gasteiger partial charge in [-0.1, -0.05) is 38.8 Å². The van der Waals surface area contributed by atoms with Gasteiger partial charge in [0.25, 0.3) is 5.91 Å². The number of carbonyl (C=O) groups excluding carboxylic acids is 1. The summed E-state index contributed by atoms with van der Waals surface area (Å²) in [5.41, 5.74) is 1.08. The quantitative estimate of drug-likeness (QED) is 0.687. The third kappa shape index (κ3) is 5.07. The number of terminal acetylenes is 1. The second-order valence-electron chi connectivity index (χ2n) is 7.59. The fraction of sp³-hybridized carbons (Fsp3) is 0.526. The van der Waals surface area contributed by atoms with Gasteiger partial charge in [-0.3, -0.25) is 4.79 Å². The molecule has 1 amide bonds. The van der Waals surface area contributed by atoms with Crippen LogP contribution in [0.4, 0.5) is 0 Å². The lowest BCUT2D eigenvalue weighted by atomic mass is 9.87. The highest BCUT2D eigenvalue weighted by molar-refractivity contribution is 7.89. The molecule has 1 aliphatic heterocycles. The first-order valence-corrected chi connectivity index (χ1v) is 10.2. The number of rotatable bonds is 5. The van der Waals surface area contributed by atoms with Gasteiger partial charge in [0.2, 0.25) is 10.0 Å². The van der Waals surface area contributed by atoms with Gasteiger partial charge in [0, 0.05) is 0 Å². The monoisotopic (exact) mass is 378 g/mol. The van der Waals surface area contributed by atoms with Gasteiger partial charge < -0.3 is 10.2 Å². The van der Waals surface area contributed by atoms with Crippen LogP contribution in [0.1, 0.15) is 26.3 Å². The molecule has 0 radical (unpaired) electrons. The van der Waals surface area contributed by atoms with Gasteiger partial charge in [-0.05, 0) is 23.1 Å². The summed E-state index contributed by atoms with van der Waals surface area (Å²) >= 11 is 0. The van der Waals surface area contributed by atoms with Crippen LogP contribution in [0.15, 0.2) is 29.2 Å². The van der Waals surface area contributed by atoms with Crippen LogP contribution in [-0.2, 0) is 20.2 Å². The number of sulfonamides is 1. The smallest absolute Gasteiger partial charge is 0.275 e. The van der Waals surface area contributed by atoms with Crippen molar-refractivity contribution in [3.63, 3.8) is 0 Å². The molecule has 0 aliphatic carbocycles. The van der Waals surface area contributed by atoms with E-state index in [4.69, 9.17) is 6.42 Å². The van der Waals surface area contributed by atoms with Crippen molar-refractivity contribution in [2.45, 2.75) is 31.1 Å². The predicted molar refractivity (Wildman–Crippen MR) is 101 cm³/mol. The Kier molecular flexibility index (Phi) is 6.45. The average molecular weight is 379 g/mol. The molecule has 1 heterocycles. The van der Waals surface area contributed by atoms with E-state index in [1.807, 2.05) is 12.1 Å². The summed E-state index contributed by atoms with van der Waals surface area (Å²) in [6.07, 6.45) is 5.12. The number of nitrogens with zero attached hydrogens (tertiary/aromatic N) is 1. The van der Waals surface area contributed by atoms with E-state index >= 15 is 0 Å². The minimum atomic E-state index is -3.50. The van der Waals surface area contributed by atoms with E-state index in [0.29, 0.717) is 37.6 Å². The lowest BCUT2D eigenvalue weighted by Crippen LogP contribution is -3.15. The van der Waals surface area contributed by atoms with Gasteiger partial charge in [0.1, 0.15) is 0 Å². The van der Waals surface area contributed by atoms with Crippen molar-refractivity contribution in [2.75, 3.05) is 39.3 Å². The summed E-state index contributed by atoms with van der Waals surface area (Å²) in [5, 5.41) is 2.64. The number of hydrogen-bond donors (Lipinski definition) is 2. The van der Waals surface area contributed by atoms with Gasteiger partial charge in [-0.2, -0.15) is 4.31 Å². The molecule has 6 nitrogen and oxygen atoms in total. The number of nitrogens with one attached hydrogen (secondary N) is 2. The van der Waals surface area contributed by atoms with Crippen molar-refractivity contribution >= 4 is 15.9 Å². The Bertz CT molecular complexity index is 766. The zero-order valence-electron chi connectivity index (χ0n) is 15.7. The largest absolute Gasteiger partial charge is 0.340 e. The van der Waals surface area contributed by atoms with Crippen LogP contribution in [0.5, 0.6) is 0 Å². The van der Waals surface area contributed by atoms with Gasteiger partial charge in [-0.15, -0.1) is 6.42 Å². The molecule has 0 atom stereocenters. The highest BCUT2D eigenvalue weighted by Crippen LogP contribution is 2.24. The van der Waals surface area contributed by atoms with Gasteiger partial charge in [-0.25, -0.2) is 8.42 Å². The number of carbonyl (C=O) groups is 1. The topological polar surface area (TPSA) is 70.9 Å². The number of hydrogen-bond acceptors (Lipinski definition) is 3. The zero-order chi connectivity index (χ0) is 19.4. The SMILES string of the molecule is C#CCNC(=O)C[NH+]1CCN(S(=O)(=O)c2ccc(C(C)(C)C)cc2)CC1. The fourth-order valence-electron chi connectivity index (χ4n) is 2.93. The molecule has 0 aromatic heterocycles. The standard InChI is InChI=1S/C19H27N3O3S/c1-5-10-20-18(23)15-21-11-13-22(14-12-21)26(24,25)17-8-6-16(7-9-17)19(2,3)4/h1,6-9H,10-15H2,2-4H3,(H,20,23)/p+1. The second-order valence-corrected chi connectivity index (χ2v) is 9.52. The molecule has 0 unspecified atom stereocenters. The summed E-state index contributed by atoms with van der Waals surface area (Å²) in [7, 11) is -3.50. The van der Waals surface area contributed by atoms with Crippen LogP contribution in [0, 0.1) is 12.3 Å². The fourth-order valence-corrected chi connectivity index (χ4v) is 4.38. The van der Waals surface area contributed by atoms with Crippen LogP contribution in [0.2, 0.25) is 0 Å². The summed E-state index contributed by atoms with van der Waals surface area (Å²) in [6.45, 7) is 8.83. The van der Waals surface area contributed by atoms with Crippen molar-refractivity contribution in [2.24, 2.45) is 0 Å². The molecule has 1 fully saturated rings. The van der Waals surface area contributed by atoms with Crippen LogP contribution in [0.3, 0.4) is 0 Å². The number of amides is 1. The molecule has 1 aromatic carbocycles. The highest BCUT2D eigenvalue weighted by atomic mass is 32.2. The van der Waals surface area contributed by atoms with E-state index in [0.717, 1.165) is 10.5 Å². The average Bonchev–Trinajstić information content (AvgIpc) is 2.60. The summed E-state index contributed by atoms with van der Waals surface area (Å²) in [5.74, 6) is 2.26. The Labute approximate surface area is 156 Å². The summed E-state index contributed by atoms with van der Waals surface area (Å²) in [6, 6.07) is 7.12. The maximum absolute atomic E-state index is 12.8. The van der Waals surface area contributed by atoms with Crippen LogP contribution < -0.4 is 10.2 Å². The van der Waals surface area contributed by atoms with Crippen molar-refractivity contribution in [1.29, 1.82) is 0 Å². The first-order chi connectivity index (χ1) is 12.1. The summed E-state index contributed by atoms with van der Waals surface area (Å²) < 4.78 is 27.2. The first-order valence-electron chi connectivity index (χ1n) is 8.79. The predicted octanol–water partition coefficient (Wildman–Crippen LogP) is -0.377. The molecule has 1 saturated heterocycles. The number of quaternary nitrogens is 1. The maximum Gasteiger partial charge on any atom is 0.275 e. The molecule has 26 heavy (non-hydrogen) atoms. The zero-order valence-corrected chi connectivity index (χ0v) is 16.5. The van der Waals surface area contributed by atoms with Crippen LogP contribution in [-0.4, -0.2) is 57.9 Å². The van der Waals surface area contributed by atoms with Gasteiger partial charge >= 0.3 is 0 Å². The van der Waals surface area contributed by atoms with Crippen LogP contribution in [0.25, 0.3) is 0 Å².